The number of ether oxygens (including phenoxy) is 1. The first-order valence-electron chi connectivity index (χ1n) is 7.40. The number of aryl methyl sites for hydroxylation is 1. The van der Waals surface area contributed by atoms with Crippen molar-refractivity contribution in [3.63, 3.8) is 0 Å². The monoisotopic (exact) mass is 354 g/mol. The molecule has 0 radical (unpaired) electrons. The van der Waals surface area contributed by atoms with E-state index in [1.54, 1.807) is 7.11 Å². The molecule has 1 amide bonds. The highest BCUT2D eigenvalue weighted by molar-refractivity contribution is 9.10. The van der Waals surface area contributed by atoms with Crippen molar-refractivity contribution in [2.45, 2.75) is 25.8 Å². The molecule has 0 saturated carbocycles. The summed E-state index contributed by atoms with van der Waals surface area (Å²) in [7, 11) is 1.67. The lowest BCUT2D eigenvalue weighted by Gasteiger charge is -2.26. The van der Waals surface area contributed by atoms with E-state index in [1.807, 2.05) is 30.0 Å². The molecule has 1 atom stereocenters. The lowest BCUT2D eigenvalue weighted by molar-refractivity contribution is 0.0678. The van der Waals surface area contributed by atoms with E-state index in [0.717, 1.165) is 35.1 Å². The van der Waals surface area contributed by atoms with Crippen LogP contribution in [-0.2, 0) is 4.74 Å². The van der Waals surface area contributed by atoms with E-state index in [2.05, 4.69) is 21.2 Å². The summed E-state index contributed by atoms with van der Waals surface area (Å²) in [5.74, 6) is 0.0660. The maximum absolute atomic E-state index is 12.8. The molecule has 0 aromatic heterocycles. The highest BCUT2D eigenvalue weighted by Crippen LogP contribution is 2.23. The van der Waals surface area contributed by atoms with Crippen molar-refractivity contribution in [1.29, 1.82) is 0 Å². The quantitative estimate of drug-likeness (QED) is 0.853. The van der Waals surface area contributed by atoms with Gasteiger partial charge in [-0.15, -0.1) is 0 Å². The van der Waals surface area contributed by atoms with E-state index >= 15 is 0 Å². The minimum atomic E-state index is 0.0660. The predicted molar refractivity (Wildman–Crippen MR) is 87.7 cm³/mol. The Bertz CT molecular complexity index is 487. The van der Waals surface area contributed by atoms with Crippen molar-refractivity contribution in [1.82, 2.24) is 10.2 Å². The Balaban J connectivity index is 2.13. The van der Waals surface area contributed by atoms with Crippen molar-refractivity contribution in [3.8, 4) is 0 Å². The molecular formula is C16H23BrN2O2. The first kappa shape index (κ1) is 16.5. The summed E-state index contributed by atoms with van der Waals surface area (Å²) in [5, 5.41) is 3.45. The fourth-order valence-electron chi connectivity index (χ4n) is 2.64. The topological polar surface area (TPSA) is 41.6 Å². The molecule has 1 heterocycles. The summed E-state index contributed by atoms with van der Waals surface area (Å²) in [6.07, 6.45) is 2.32. The molecule has 1 aromatic rings. The summed E-state index contributed by atoms with van der Waals surface area (Å²) in [6.45, 7) is 4.96. The second kappa shape index (κ2) is 7.92. The third-order valence-corrected chi connectivity index (χ3v) is 4.93. The molecule has 1 fully saturated rings. The molecule has 2 rings (SSSR count). The lowest BCUT2D eigenvalue weighted by Crippen LogP contribution is -2.42. The van der Waals surface area contributed by atoms with Crippen LogP contribution in [0.15, 0.2) is 22.7 Å². The van der Waals surface area contributed by atoms with Gasteiger partial charge in [0.2, 0.25) is 0 Å². The minimum Gasteiger partial charge on any atom is -0.383 e. The van der Waals surface area contributed by atoms with Crippen LogP contribution in [0, 0.1) is 6.92 Å². The van der Waals surface area contributed by atoms with Gasteiger partial charge in [-0.3, -0.25) is 4.79 Å². The molecule has 0 spiro atoms. The zero-order chi connectivity index (χ0) is 15.2. The summed E-state index contributed by atoms with van der Waals surface area (Å²) in [6, 6.07) is 6.20. The number of rotatable bonds is 6. The normalized spacial score (nSPS) is 18.0. The van der Waals surface area contributed by atoms with E-state index in [1.165, 1.54) is 6.42 Å². The van der Waals surface area contributed by atoms with Crippen LogP contribution in [0.2, 0.25) is 0 Å². The smallest absolute Gasteiger partial charge is 0.255 e. The Kier molecular flexibility index (Phi) is 6.21. The first-order chi connectivity index (χ1) is 10.1. The van der Waals surface area contributed by atoms with E-state index in [4.69, 9.17) is 4.74 Å². The van der Waals surface area contributed by atoms with E-state index < -0.39 is 0 Å². The van der Waals surface area contributed by atoms with Gasteiger partial charge in [0.15, 0.2) is 0 Å². The zero-order valence-corrected chi connectivity index (χ0v) is 14.3. The van der Waals surface area contributed by atoms with Crippen molar-refractivity contribution in [2.24, 2.45) is 0 Å². The number of methoxy groups -OCH3 is 1. The van der Waals surface area contributed by atoms with Gasteiger partial charge in [-0.2, -0.15) is 0 Å². The number of benzene rings is 1. The van der Waals surface area contributed by atoms with Gasteiger partial charge in [0.05, 0.1) is 12.2 Å². The third kappa shape index (κ3) is 4.28. The van der Waals surface area contributed by atoms with Crippen LogP contribution < -0.4 is 5.32 Å². The number of halogens is 1. The summed E-state index contributed by atoms with van der Waals surface area (Å²) >= 11 is 3.54. The molecule has 0 bridgehead atoms. The van der Waals surface area contributed by atoms with Gasteiger partial charge >= 0.3 is 0 Å². The van der Waals surface area contributed by atoms with Crippen molar-refractivity contribution in [3.05, 3.63) is 33.8 Å². The number of carbonyl (C=O) groups is 1. The van der Waals surface area contributed by atoms with Gasteiger partial charge in [0.1, 0.15) is 0 Å². The molecule has 4 nitrogen and oxygen atoms in total. The van der Waals surface area contributed by atoms with Crippen LogP contribution >= 0.6 is 15.9 Å². The van der Waals surface area contributed by atoms with Crippen molar-refractivity contribution < 1.29 is 9.53 Å². The molecule has 0 aliphatic carbocycles. The van der Waals surface area contributed by atoms with Gasteiger partial charge in [-0.05, 0) is 53.9 Å². The number of nitrogens with zero attached hydrogens (tertiary/aromatic N) is 1. The number of nitrogens with one attached hydrogen (secondary N) is 1. The zero-order valence-electron chi connectivity index (χ0n) is 12.7. The molecule has 1 aliphatic heterocycles. The van der Waals surface area contributed by atoms with Crippen LogP contribution in [0.25, 0.3) is 0 Å². The number of hydrogen-bond acceptors (Lipinski definition) is 3. The largest absolute Gasteiger partial charge is 0.383 e. The van der Waals surface area contributed by atoms with Gasteiger partial charge in [-0.25, -0.2) is 0 Å². The Morgan fingerprint density at radius 1 is 1.52 bits per heavy atom. The molecule has 21 heavy (non-hydrogen) atoms. The second-order valence-corrected chi connectivity index (χ2v) is 6.27. The summed E-state index contributed by atoms with van der Waals surface area (Å²) < 4.78 is 6.04. The van der Waals surface area contributed by atoms with Gasteiger partial charge < -0.3 is 15.0 Å². The Labute approximate surface area is 135 Å². The van der Waals surface area contributed by atoms with Gasteiger partial charge in [-0.1, -0.05) is 12.1 Å². The molecule has 1 aromatic carbocycles. The minimum absolute atomic E-state index is 0.0660. The van der Waals surface area contributed by atoms with Gasteiger partial charge in [0, 0.05) is 30.7 Å². The van der Waals surface area contributed by atoms with E-state index in [9.17, 15) is 4.79 Å². The molecule has 116 valence electrons. The fraction of sp³-hybridized carbons (Fsp3) is 0.562. The van der Waals surface area contributed by atoms with Crippen LogP contribution in [-0.4, -0.2) is 50.2 Å². The highest BCUT2D eigenvalue weighted by Gasteiger charge is 2.23. The standard InChI is InChI=1S/C16H23BrN2O2/c1-12-5-3-7-14(15(12)17)16(20)19(9-10-21-2)11-13-6-4-8-18-13/h3,5,7,13,18H,4,6,8-11H2,1-2H3. The predicted octanol–water partition coefficient (Wildman–Crippen LogP) is 2.60. The SMILES string of the molecule is COCCN(CC1CCCN1)C(=O)c1cccc(C)c1Br. The molecule has 1 aliphatic rings. The maximum atomic E-state index is 12.8. The molecular weight excluding hydrogens is 332 g/mol. The van der Waals surface area contributed by atoms with E-state index in [-0.39, 0.29) is 5.91 Å². The van der Waals surface area contributed by atoms with Crippen LogP contribution in [0.5, 0.6) is 0 Å². The van der Waals surface area contributed by atoms with Crippen LogP contribution in [0.1, 0.15) is 28.8 Å². The Morgan fingerprint density at radius 2 is 2.33 bits per heavy atom. The third-order valence-electron chi connectivity index (χ3n) is 3.88. The molecule has 1 saturated heterocycles. The Hall–Kier alpha value is -0.910. The van der Waals surface area contributed by atoms with E-state index in [0.29, 0.717) is 19.2 Å². The number of hydrogen-bond donors (Lipinski definition) is 1. The average molecular weight is 355 g/mol. The average Bonchev–Trinajstić information content (AvgIpc) is 2.98. The summed E-state index contributed by atoms with van der Waals surface area (Å²) in [5.41, 5.74) is 1.80. The van der Waals surface area contributed by atoms with Crippen molar-refractivity contribution >= 4 is 21.8 Å². The lowest BCUT2D eigenvalue weighted by atomic mass is 10.1. The van der Waals surface area contributed by atoms with Crippen molar-refractivity contribution in [2.75, 3.05) is 33.4 Å². The maximum Gasteiger partial charge on any atom is 0.255 e. The number of amides is 1. The first-order valence-corrected chi connectivity index (χ1v) is 8.19. The molecule has 1 unspecified atom stereocenters. The highest BCUT2D eigenvalue weighted by atomic mass is 79.9. The Morgan fingerprint density at radius 3 is 3.00 bits per heavy atom. The molecule has 5 heteroatoms. The van der Waals surface area contributed by atoms with Crippen LogP contribution in [0.3, 0.4) is 0 Å². The van der Waals surface area contributed by atoms with Gasteiger partial charge in [0.25, 0.3) is 5.91 Å². The molecule has 1 N–H and O–H groups in total. The second-order valence-electron chi connectivity index (χ2n) is 5.47. The number of carbonyl (C=O) groups excluding carboxylic acids is 1. The fourth-order valence-corrected chi connectivity index (χ4v) is 3.07. The van der Waals surface area contributed by atoms with Crippen LogP contribution in [0.4, 0.5) is 0 Å². The summed E-state index contributed by atoms with van der Waals surface area (Å²) in [4.78, 5) is 14.7.